The van der Waals surface area contributed by atoms with Crippen molar-refractivity contribution in [3.63, 3.8) is 0 Å². The van der Waals surface area contributed by atoms with E-state index in [9.17, 15) is 0 Å². The van der Waals surface area contributed by atoms with Gasteiger partial charge in [0.25, 0.3) is 0 Å². The van der Waals surface area contributed by atoms with Gasteiger partial charge in [-0.3, -0.25) is 0 Å². The molecule has 0 spiro atoms. The summed E-state index contributed by atoms with van der Waals surface area (Å²) in [6.45, 7) is 4.25. The summed E-state index contributed by atoms with van der Waals surface area (Å²) in [7, 11) is 0. The van der Waals surface area contributed by atoms with Gasteiger partial charge in [-0.25, -0.2) is 0 Å². The first-order valence-electron chi connectivity index (χ1n) is 4.10. The average Bonchev–Trinajstić information content (AvgIpc) is 1.99. The van der Waals surface area contributed by atoms with Crippen molar-refractivity contribution in [2.45, 2.75) is 39.5 Å². The van der Waals surface area contributed by atoms with Gasteiger partial charge in [0.2, 0.25) is 0 Å². The number of rotatable bonds is 5. The minimum Gasteiger partial charge on any atom is -0.120 e. The van der Waals surface area contributed by atoms with Crippen molar-refractivity contribution in [2.24, 2.45) is 5.92 Å². The summed E-state index contributed by atoms with van der Waals surface area (Å²) >= 11 is 0. The minimum atomic E-state index is 0.409. The standard InChI is InChI=1S/C10H17/c1-4-7-8-9-10(5-2)6-3/h2,6,10H,4,7-9H2,1,3H3. The lowest BCUT2D eigenvalue weighted by Gasteiger charge is -2.04. The van der Waals surface area contributed by atoms with Crippen LogP contribution >= 0.6 is 0 Å². The highest BCUT2D eigenvalue weighted by molar-refractivity contribution is 4.98. The molecule has 0 nitrogen and oxygen atoms in total. The predicted octanol–water partition coefficient (Wildman–Crippen LogP) is 3.04. The van der Waals surface area contributed by atoms with E-state index < -0.39 is 0 Å². The molecule has 0 aromatic carbocycles. The molecule has 0 saturated carbocycles. The monoisotopic (exact) mass is 137 g/mol. The van der Waals surface area contributed by atoms with Crippen molar-refractivity contribution in [1.29, 1.82) is 0 Å². The molecule has 0 aliphatic heterocycles. The predicted molar refractivity (Wildman–Crippen MR) is 46.4 cm³/mol. The van der Waals surface area contributed by atoms with E-state index in [1.165, 1.54) is 25.7 Å². The lowest BCUT2D eigenvalue weighted by Crippen LogP contribution is -1.94. The zero-order valence-corrected chi connectivity index (χ0v) is 7.06. The van der Waals surface area contributed by atoms with Crippen LogP contribution in [0.4, 0.5) is 0 Å². The summed E-state index contributed by atoms with van der Waals surface area (Å²) in [4.78, 5) is 0. The second kappa shape index (κ2) is 6.68. The Morgan fingerprint density at radius 3 is 2.60 bits per heavy atom. The topological polar surface area (TPSA) is 0 Å². The third kappa shape index (κ3) is 4.44. The molecular weight excluding hydrogens is 120 g/mol. The minimum absolute atomic E-state index is 0.409. The molecule has 0 heteroatoms. The SMILES string of the molecule is C#CC([CH]C)CCCCC. The van der Waals surface area contributed by atoms with Gasteiger partial charge in [-0.05, 0) is 12.8 Å². The molecule has 1 radical (unpaired) electrons. The van der Waals surface area contributed by atoms with Gasteiger partial charge in [0.05, 0.1) is 0 Å². The van der Waals surface area contributed by atoms with Crippen LogP contribution in [-0.2, 0) is 0 Å². The average molecular weight is 137 g/mol. The van der Waals surface area contributed by atoms with Crippen molar-refractivity contribution in [3.8, 4) is 12.3 Å². The maximum Gasteiger partial charge on any atom is 0.0228 e. The Morgan fingerprint density at radius 1 is 1.50 bits per heavy atom. The fraction of sp³-hybridized carbons (Fsp3) is 0.700. The van der Waals surface area contributed by atoms with Crippen LogP contribution in [0.15, 0.2) is 0 Å². The molecule has 0 bridgehead atoms. The summed E-state index contributed by atoms with van der Waals surface area (Å²) in [6.07, 6.45) is 12.4. The van der Waals surface area contributed by atoms with Crippen molar-refractivity contribution in [1.82, 2.24) is 0 Å². The van der Waals surface area contributed by atoms with E-state index in [0.717, 1.165) is 0 Å². The fourth-order valence-electron chi connectivity index (χ4n) is 0.960. The Balaban J connectivity index is 3.20. The molecule has 0 heterocycles. The van der Waals surface area contributed by atoms with Gasteiger partial charge < -0.3 is 0 Å². The van der Waals surface area contributed by atoms with E-state index >= 15 is 0 Å². The number of hydrogen-bond acceptors (Lipinski definition) is 0. The molecule has 0 aliphatic carbocycles. The molecule has 1 atom stereocenters. The van der Waals surface area contributed by atoms with Gasteiger partial charge in [0, 0.05) is 5.92 Å². The third-order valence-electron chi connectivity index (χ3n) is 1.74. The molecule has 1 unspecified atom stereocenters. The van der Waals surface area contributed by atoms with E-state index in [1.54, 1.807) is 0 Å². The highest BCUT2D eigenvalue weighted by Crippen LogP contribution is 2.10. The molecule has 0 aromatic rings. The van der Waals surface area contributed by atoms with Gasteiger partial charge in [-0.2, -0.15) is 0 Å². The van der Waals surface area contributed by atoms with Gasteiger partial charge >= 0.3 is 0 Å². The highest BCUT2D eigenvalue weighted by atomic mass is 14.0. The molecular formula is C10H17. The summed E-state index contributed by atoms with van der Waals surface area (Å²) in [5.74, 6) is 3.16. The Labute approximate surface area is 65.0 Å². The van der Waals surface area contributed by atoms with Gasteiger partial charge in [-0.15, -0.1) is 12.3 Å². The summed E-state index contributed by atoms with van der Waals surface area (Å²) < 4.78 is 0. The van der Waals surface area contributed by atoms with Crippen LogP contribution in [-0.4, -0.2) is 0 Å². The van der Waals surface area contributed by atoms with E-state index in [-0.39, 0.29) is 0 Å². The maximum atomic E-state index is 5.28. The lowest BCUT2D eigenvalue weighted by atomic mass is 10.00. The maximum absolute atomic E-state index is 5.28. The number of unbranched alkanes of at least 4 members (excludes halogenated alkanes) is 2. The molecule has 10 heavy (non-hydrogen) atoms. The Bertz CT molecular complexity index is 97.1. The normalized spacial score (nSPS) is 12.5. The molecule has 0 fully saturated rings. The van der Waals surface area contributed by atoms with Gasteiger partial charge in [0.15, 0.2) is 0 Å². The smallest absolute Gasteiger partial charge is 0.0228 e. The van der Waals surface area contributed by atoms with E-state index in [1.807, 2.05) is 6.92 Å². The first-order valence-corrected chi connectivity index (χ1v) is 4.10. The van der Waals surface area contributed by atoms with Crippen LogP contribution in [0.25, 0.3) is 0 Å². The Morgan fingerprint density at radius 2 is 2.20 bits per heavy atom. The van der Waals surface area contributed by atoms with Crippen LogP contribution in [0.3, 0.4) is 0 Å². The number of hydrogen-bond donors (Lipinski definition) is 0. The summed E-state index contributed by atoms with van der Waals surface area (Å²) in [5, 5.41) is 0. The lowest BCUT2D eigenvalue weighted by molar-refractivity contribution is 0.601. The van der Waals surface area contributed by atoms with E-state index in [0.29, 0.717) is 5.92 Å². The molecule has 0 aliphatic rings. The van der Waals surface area contributed by atoms with Crippen molar-refractivity contribution >= 4 is 0 Å². The zero-order chi connectivity index (χ0) is 7.82. The van der Waals surface area contributed by atoms with Crippen LogP contribution in [0.2, 0.25) is 0 Å². The zero-order valence-electron chi connectivity index (χ0n) is 7.06. The van der Waals surface area contributed by atoms with Crippen LogP contribution < -0.4 is 0 Å². The van der Waals surface area contributed by atoms with Crippen molar-refractivity contribution in [3.05, 3.63) is 6.42 Å². The summed E-state index contributed by atoms with van der Waals surface area (Å²) in [5.41, 5.74) is 0. The van der Waals surface area contributed by atoms with Crippen molar-refractivity contribution < 1.29 is 0 Å². The van der Waals surface area contributed by atoms with E-state index in [2.05, 4.69) is 19.3 Å². The quantitative estimate of drug-likeness (QED) is 0.403. The molecule has 0 amide bonds. The third-order valence-corrected chi connectivity index (χ3v) is 1.74. The Kier molecular flexibility index (Phi) is 6.38. The molecule has 0 aromatic heterocycles. The van der Waals surface area contributed by atoms with Crippen LogP contribution in [0, 0.1) is 24.7 Å². The van der Waals surface area contributed by atoms with E-state index in [4.69, 9.17) is 6.42 Å². The largest absolute Gasteiger partial charge is 0.120 e. The Hall–Kier alpha value is -0.440. The van der Waals surface area contributed by atoms with Crippen LogP contribution in [0.1, 0.15) is 39.5 Å². The first-order chi connectivity index (χ1) is 4.85. The first kappa shape index (κ1) is 9.56. The van der Waals surface area contributed by atoms with Crippen molar-refractivity contribution in [2.75, 3.05) is 0 Å². The van der Waals surface area contributed by atoms with Gasteiger partial charge in [0.1, 0.15) is 0 Å². The molecule has 0 saturated heterocycles. The number of terminal acetylenes is 1. The highest BCUT2D eigenvalue weighted by Gasteiger charge is 1.99. The molecule has 57 valence electrons. The second-order valence-corrected chi connectivity index (χ2v) is 2.60. The molecule has 0 rings (SSSR count). The molecule has 0 N–H and O–H groups in total. The second-order valence-electron chi connectivity index (χ2n) is 2.60. The summed E-state index contributed by atoms with van der Waals surface area (Å²) in [6, 6.07) is 0. The van der Waals surface area contributed by atoms with Crippen LogP contribution in [0.5, 0.6) is 0 Å². The fourth-order valence-corrected chi connectivity index (χ4v) is 0.960. The van der Waals surface area contributed by atoms with Gasteiger partial charge in [-0.1, -0.05) is 33.1 Å².